The van der Waals surface area contributed by atoms with E-state index in [2.05, 4.69) is 66.5 Å². The maximum absolute atomic E-state index is 13.0. The molecule has 0 aliphatic carbocycles. The van der Waals surface area contributed by atoms with E-state index in [0.717, 1.165) is 22.2 Å². The summed E-state index contributed by atoms with van der Waals surface area (Å²) in [6.07, 6.45) is 0. The Morgan fingerprint density at radius 1 is 1.24 bits per heavy atom. The normalized spacial score (nSPS) is 11.9. The summed E-state index contributed by atoms with van der Waals surface area (Å²) in [6.45, 7) is 12.4. The molecule has 1 amide bonds. The molecule has 0 saturated heterocycles. The number of halogens is 1. The van der Waals surface area contributed by atoms with Gasteiger partial charge in [-0.25, -0.2) is 4.79 Å². The van der Waals surface area contributed by atoms with Gasteiger partial charge in [-0.15, -0.1) is 0 Å². The Kier molecular flexibility index (Phi) is 4.82. The summed E-state index contributed by atoms with van der Waals surface area (Å²) in [5, 5.41) is 2.37. The van der Waals surface area contributed by atoms with Crippen LogP contribution in [0.4, 0.5) is 4.79 Å². The average Bonchev–Trinajstić information content (AvgIpc) is 2.80. The van der Waals surface area contributed by atoms with Crippen LogP contribution in [0.3, 0.4) is 0 Å². The fraction of sp³-hybridized carbons (Fsp3) is 0.438. The predicted octanol–water partition coefficient (Wildman–Crippen LogP) is 4.10. The zero-order valence-corrected chi connectivity index (χ0v) is 16.6. The minimum Gasteiger partial charge on any atom is -0.325 e. The van der Waals surface area contributed by atoms with E-state index in [1.165, 1.54) is 10.7 Å². The third-order valence-corrected chi connectivity index (χ3v) is 6.54. The molecule has 1 aromatic heterocycles. The Labute approximate surface area is 141 Å². The molecular formula is C16H23IN2OSi. The lowest BCUT2D eigenvalue weighted by Gasteiger charge is -2.25. The van der Waals surface area contributed by atoms with E-state index in [9.17, 15) is 4.79 Å². The van der Waals surface area contributed by atoms with Gasteiger partial charge in [-0.3, -0.25) is 4.57 Å². The lowest BCUT2D eigenvalue weighted by Crippen LogP contribution is -2.48. The molecule has 2 aromatic rings. The van der Waals surface area contributed by atoms with Gasteiger partial charge in [-0.05, 0) is 48.6 Å². The first-order valence-corrected chi connectivity index (χ1v) is 12.0. The summed E-state index contributed by atoms with van der Waals surface area (Å²) in [7, 11) is -1.61. The summed E-state index contributed by atoms with van der Waals surface area (Å²) in [5.74, 6) is 0. The highest BCUT2D eigenvalue weighted by atomic mass is 127. The minimum atomic E-state index is -1.61. The van der Waals surface area contributed by atoms with Crippen molar-refractivity contribution in [2.24, 2.45) is 0 Å². The summed E-state index contributed by atoms with van der Waals surface area (Å²) >= 11 is 2.33. The summed E-state index contributed by atoms with van der Waals surface area (Å²) in [5.41, 5.74) is 1.06. The molecule has 0 unspecified atom stereocenters. The number of carbonyl (C=O) groups is 1. The van der Waals surface area contributed by atoms with Crippen LogP contribution in [0.15, 0.2) is 24.3 Å². The maximum Gasteiger partial charge on any atom is 0.328 e. The zero-order chi connectivity index (χ0) is 15.8. The van der Waals surface area contributed by atoms with Crippen LogP contribution in [0.2, 0.25) is 19.6 Å². The number of hydrogen-bond donors (Lipinski definition) is 0. The van der Waals surface area contributed by atoms with E-state index in [1.807, 2.05) is 23.3 Å². The highest BCUT2D eigenvalue weighted by Gasteiger charge is 2.28. The standard InChI is InChI=1S/C16H23IN2OSi/c1-6-18(7-2)16(20)19-14(21(3,4)5)11-12-9-8-10-13(17)15(12)19/h8-11H,6-7H2,1-5H3. The molecule has 1 heterocycles. The van der Waals surface area contributed by atoms with Gasteiger partial charge in [0, 0.05) is 27.4 Å². The molecule has 21 heavy (non-hydrogen) atoms. The van der Waals surface area contributed by atoms with E-state index < -0.39 is 8.07 Å². The number of para-hydroxylation sites is 1. The van der Waals surface area contributed by atoms with E-state index in [0.29, 0.717) is 0 Å². The highest BCUT2D eigenvalue weighted by Crippen LogP contribution is 2.23. The first-order chi connectivity index (χ1) is 9.81. The molecule has 0 atom stereocenters. The van der Waals surface area contributed by atoms with Crippen LogP contribution in [0.25, 0.3) is 10.9 Å². The molecule has 2 rings (SSSR count). The average molecular weight is 414 g/mol. The molecule has 0 radical (unpaired) electrons. The van der Waals surface area contributed by atoms with Crippen LogP contribution in [-0.2, 0) is 0 Å². The largest absolute Gasteiger partial charge is 0.328 e. The number of nitrogens with zero attached hydrogens (tertiary/aromatic N) is 2. The molecule has 5 heteroatoms. The molecule has 3 nitrogen and oxygen atoms in total. The van der Waals surface area contributed by atoms with Crippen molar-refractivity contribution < 1.29 is 4.79 Å². The first-order valence-electron chi connectivity index (χ1n) is 7.41. The van der Waals surface area contributed by atoms with Crippen molar-refractivity contribution in [1.29, 1.82) is 0 Å². The van der Waals surface area contributed by atoms with Crippen molar-refractivity contribution in [2.75, 3.05) is 13.1 Å². The van der Waals surface area contributed by atoms with Gasteiger partial charge in [0.05, 0.1) is 13.6 Å². The summed E-state index contributed by atoms with van der Waals surface area (Å²) in [4.78, 5) is 14.9. The smallest absolute Gasteiger partial charge is 0.325 e. The lowest BCUT2D eigenvalue weighted by atomic mass is 10.2. The molecule has 1 aromatic carbocycles. The van der Waals surface area contributed by atoms with Crippen molar-refractivity contribution in [3.63, 3.8) is 0 Å². The Hall–Kier alpha value is -0.823. The van der Waals surface area contributed by atoms with Crippen LogP contribution in [0.1, 0.15) is 13.8 Å². The SMILES string of the molecule is CCN(CC)C(=O)n1c([Si](C)(C)C)cc2cccc(I)c21. The number of benzene rings is 1. The van der Waals surface area contributed by atoms with E-state index in [1.54, 1.807) is 0 Å². The number of rotatable bonds is 3. The number of aromatic nitrogens is 1. The van der Waals surface area contributed by atoms with Crippen molar-refractivity contribution in [3.05, 3.63) is 27.8 Å². The Morgan fingerprint density at radius 3 is 2.38 bits per heavy atom. The van der Waals surface area contributed by atoms with Gasteiger partial charge in [0.15, 0.2) is 0 Å². The molecule has 0 spiro atoms. The monoisotopic (exact) mass is 414 g/mol. The van der Waals surface area contributed by atoms with Gasteiger partial charge >= 0.3 is 6.03 Å². The second kappa shape index (κ2) is 6.12. The predicted molar refractivity (Wildman–Crippen MR) is 101 cm³/mol. The zero-order valence-electron chi connectivity index (χ0n) is 13.4. The van der Waals surface area contributed by atoms with Gasteiger partial charge in [0.2, 0.25) is 0 Å². The molecule has 0 saturated carbocycles. The van der Waals surface area contributed by atoms with Crippen molar-refractivity contribution >= 4 is 52.9 Å². The third-order valence-electron chi connectivity index (χ3n) is 3.77. The number of fused-ring (bicyclic) bond motifs is 1. The van der Waals surface area contributed by atoms with E-state index >= 15 is 0 Å². The molecular weight excluding hydrogens is 391 g/mol. The van der Waals surface area contributed by atoms with Gasteiger partial charge in [0.1, 0.15) is 0 Å². The Bertz CT molecular complexity index is 669. The van der Waals surface area contributed by atoms with Gasteiger partial charge in [-0.2, -0.15) is 0 Å². The molecule has 114 valence electrons. The third kappa shape index (κ3) is 3.04. The molecule has 0 bridgehead atoms. The van der Waals surface area contributed by atoms with Crippen LogP contribution in [-0.4, -0.2) is 36.7 Å². The molecule has 0 aliphatic rings. The second-order valence-electron chi connectivity index (χ2n) is 6.25. The first kappa shape index (κ1) is 16.5. The van der Waals surface area contributed by atoms with Crippen LogP contribution in [0.5, 0.6) is 0 Å². The quantitative estimate of drug-likeness (QED) is 0.549. The number of carbonyl (C=O) groups excluding carboxylic acids is 1. The van der Waals surface area contributed by atoms with Crippen LogP contribution < -0.4 is 5.32 Å². The Morgan fingerprint density at radius 2 is 1.86 bits per heavy atom. The van der Waals surface area contributed by atoms with Gasteiger partial charge in [0.25, 0.3) is 0 Å². The van der Waals surface area contributed by atoms with E-state index in [-0.39, 0.29) is 6.03 Å². The molecule has 0 fully saturated rings. The van der Waals surface area contributed by atoms with Crippen molar-refractivity contribution in [1.82, 2.24) is 9.47 Å². The Balaban J connectivity index is 2.77. The van der Waals surface area contributed by atoms with Gasteiger partial charge < -0.3 is 4.90 Å². The summed E-state index contributed by atoms with van der Waals surface area (Å²) < 4.78 is 3.10. The van der Waals surface area contributed by atoms with Crippen LogP contribution >= 0.6 is 22.6 Å². The van der Waals surface area contributed by atoms with Gasteiger partial charge in [-0.1, -0.05) is 31.8 Å². The summed E-state index contributed by atoms with van der Waals surface area (Å²) in [6, 6.07) is 8.56. The number of hydrogen-bond acceptors (Lipinski definition) is 1. The minimum absolute atomic E-state index is 0.108. The fourth-order valence-electron chi connectivity index (χ4n) is 2.60. The number of amides is 1. The maximum atomic E-state index is 13.0. The lowest BCUT2D eigenvalue weighted by molar-refractivity contribution is 0.206. The van der Waals surface area contributed by atoms with Crippen molar-refractivity contribution in [3.8, 4) is 0 Å². The molecule has 0 N–H and O–H groups in total. The molecule has 0 aliphatic heterocycles. The fourth-order valence-corrected chi connectivity index (χ4v) is 4.83. The van der Waals surface area contributed by atoms with E-state index in [4.69, 9.17) is 0 Å². The highest BCUT2D eigenvalue weighted by molar-refractivity contribution is 14.1. The van der Waals surface area contributed by atoms with Crippen molar-refractivity contribution in [2.45, 2.75) is 33.5 Å². The van der Waals surface area contributed by atoms with Crippen LogP contribution in [0, 0.1) is 3.57 Å². The topological polar surface area (TPSA) is 25.2 Å². The second-order valence-corrected chi connectivity index (χ2v) is 12.4.